The summed E-state index contributed by atoms with van der Waals surface area (Å²) in [5.41, 5.74) is 6.60. The van der Waals surface area contributed by atoms with Crippen molar-refractivity contribution in [2.24, 2.45) is 0 Å². The summed E-state index contributed by atoms with van der Waals surface area (Å²) in [4.78, 5) is 8.13. The van der Waals surface area contributed by atoms with Gasteiger partial charge in [0, 0.05) is 17.8 Å². The summed E-state index contributed by atoms with van der Waals surface area (Å²) in [6, 6.07) is 0.572. The highest BCUT2D eigenvalue weighted by molar-refractivity contribution is 5.45. The number of anilines is 2. The highest BCUT2D eigenvalue weighted by Gasteiger charge is 2.15. The highest BCUT2D eigenvalue weighted by Crippen LogP contribution is 2.22. The van der Waals surface area contributed by atoms with Crippen molar-refractivity contribution in [3.63, 3.8) is 0 Å². The van der Waals surface area contributed by atoms with E-state index in [1.807, 2.05) is 6.92 Å². The third kappa shape index (κ3) is 1.95. The first kappa shape index (κ1) is 9.24. The van der Waals surface area contributed by atoms with Gasteiger partial charge >= 0.3 is 0 Å². The monoisotopic (exact) mass is 192 g/mol. The Bertz CT molecular complexity index is 318. The fourth-order valence-corrected chi connectivity index (χ4v) is 1.87. The molecule has 1 saturated carbocycles. The molecular formula is C10H16N4. The largest absolute Gasteiger partial charge is 0.368 e. The summed E-state index contributed by atoms with van der Waals surface area (Å²) >= 11 is 0. The van der Waals surface area contributed by atoms with Crippen molar-refractivity contribution in [3.05, 3.63) is 11.8 Å². The van der Waals surface area contributed by atoms with Crippen LogP contribution in [0.1, 0.15) is 31.2 Å². The molecular weight excluding hydrogens is 176 g/mol. The molecule has 0 spiro atoms. The molecule has 0 aliphatic heterocycles. The van der Waals surface area contributed by atoms with Crippen LogP contribution in [0.5, 0.6) is 0 Å². The van der Waals surface area contributed by atoms with Gasteiger partial charge in [-0.05, 0) is 19.8 Å². The maximum absolute atomic E-state index is 5.54. The Labute approximate surface area is 83.9 Å². The van der Waals surface area contributed by atoms with E-state index >= 15 is 0 Å². The first-order valence-corrected chi connectivity index (χ1v) is 5.11. The molecule has 1 aromatic heterocycles. The molecule has 0 atom stereocenters. The lowest BCUT2D eigenvalue weighted by Gasteiger charge is -2.14. The average Bonchev–Trinajstić information content (AvgIpc) is 2.64. The molecule has 0 bridgehead atoms. The molecule has 1 aromatic rings. The minimum absolute atomic E-state index is 0.344. The Hall–Kier alpha value is -1.32. The molecule has 14 heavy (non-hydrogen) atoms. The molecule has 0 amide bonds. The summed E-state index contributed by atoms with van der Waals surface area (Å²) < 4.78 is 0. The Morgan fingerprint density at radius 2 is 2.14 bits per heavy atom. The van der Waals surface area contributed by atoms with E-state index in [9.17, 15) is 0 Å². The third-order valence-corrected chi connectivity index (χ3v) is 2.69. The SMILES string of the molecule is Cc1cnc(N)nc1NC1CCCC1. The van der Waals surface area contributed by atoms with Crippen LogP contribution in [0.15, 0.2) is 6.20 Å². The second-order valence-corrected chi connectivity index (χ2v) is 3.89. The van der Waals surface area contributed by atoms with Gasteiger partial charge in [-0.25, -0.2) is 4.98 Å². The van der Waals surface area contributed by atoms with E-state index in [-0.39, 0.29) is 0 Å². The van der Waals surface area contributed by atoms with Crippen molar-refractivity contribution < 1.29 is 0 Å². The van der Waals surface area contributed by atoms with Gasteiger partial charge in [0.1, 0.15) is 5.82 Å². The normalized spacial score (nSPS) is 17.2. The fourth-order valence-electron chi connectivity index (χ4n) is 1.87. The molecule has 1 aliphatic rings. The summed E-state index contributed by atoms with van der Waals surface area (Å²) in [5, 5.41) is 3.42. The van der Waals surface area contributed by atoms with E-state index in [2.05, 4.69) is 15.3 Å². The minimum Gasteiger partial charge on any atom is -0.368 e. The Balaban J connectivity index is 2.10. The van der Waals surface area contributed by atoms with Crippen LogP contribution in [0, 0.1) is 6.92 Å². The summed E-state index contributed by atoms with van der Waals surface area (Å²) in [6.45, 7) is 2.00. The predicted octanol–water partition coefficient (Wildman–Crippen LogP) is 1.72. The van der Waals surface area contributed by atoms with Crippen molar-refractivity contribution in [1.82, 2.24) is 9.97 Å². The van der Waals surface area contributed by atoms with Crippen molar-refractivity contribution >= 4 is 11.8 Å². The van der Waals surface area contributed by atoms with Crippen LogP contribution in [0.25, 0.3) is 0 Å². The Morgan fingerprint density at radius 3 is 2.86 bits per heavy atom. The van der Waals surface area contributed by atoms with Gasteiger partial charge in [0.15, 0.2) is 0 Å². The Kier molecular flexibility index (Phi) is 2.52. The molecule has 0 radical (unpaired) electrons. The highest BCUT2D eigenvalue weighted by atomic mass is 15.1. The third-order valence-electron chi connectivity index (χ3n) is 2.69. The van der Waals surface area contributed by atoms with E-state index in [0.717, 1.165) is 11.4 Å². The number of aryl methyl sites for hydroxylation is 1. The lowest BCUT2D eigenvalue weighted by Crippen LogP contribution is -2.17. The van der Waals surface area contributed by atoms with Gasteiger partial charge < -0.3 is 11.1 Å². The molecule has 2 rings (SSSR count). The summed E-state index contributed by atoms with van der Waals surface area (Å²) in [6.07, 6.45) is 6.88. The van der Waals surface area contributed by atoms with E-state index in [0.29, 0.717) is 12.0 Å². The number of rotatable bonds is 2. The van der Waals surface area contributed by atoms with Gasteiger partial charge in [-0.3, -0.25) is 0 Å². The molecule has 0 aromatic carbocycles. The van der Waals surface area contributed by atoms with Gasteiger partial charge in [0.25, 0.3) is 0 Å². The number of nitrogens with two attached hydrogens (primary N) is 1. The first-order chi connectivity index (χ1) is 6.75. The number of aromatic nitrogens is 2. The van der Waals surface area contributed by atoms with Crippen LogP contribution in [0.3, 0.4) is 0 Å². The van der Waals surface area contributed by atoms with Crippen LogP contribution in [0.2, 0.25) is 0 Å². The maximum atomic E-state index is 5.54. The number of nitrogens with zero attached hydrogens (tertiary/aromatic N) is 2. The zero-order valence-electron chi connectivity index (χ0n) is 8.45. The zero-order valence-corrected chi connectivity index (χ0v) is 8.45. The smallest absolute Gasteiger partial charge is 0.221 e. The van der Waals surface area contributed by atoms with Gasteiger partial charge in [0.05, 0.1) is 0 Å². The lowest BCUT2D eigenvalue weighted by atomic mass is 10.2. The van der Waals surface area contributed by atoms with Crippen LogP contribution in [0.4, 0.5) is 11.8 Å². The minimum atomic E-state index is 0.344. The van der Waals surface area contributed by atoms with Gasteiger partial charge in [-0.1, -0.05) is 12.8 Å². The molecule has 4 heteroatoms. The van der Waals surface area contributed by atoms with E-state index in [1.165, 1.54) is 25.7 Å². The van der Waals surface area contributed by atoms with Crippen molar-refractivity contribution in [3.8, 4) is 0 Å². The molecule has 3 N–H and O–H groups in total. The number of hydrogen-bond acceptors (Lipinski definition) is 4. The molecule has 1 aliphatic carbocycles. The molecule has 0 unspecified atom stereocenters. The maximum Gasteiger partial charge on any atom is 0.221 e. The number of nitrogens with one attached hydrogen (secondary N) is 1. The molecule has 76 valence electrons. The van der Waals surface area contributed by atoms with Crippen LogP contribution < -0.4 is 11.1 Å². The molecule has 1 fully saturated rings. The van der Waals surface area contributed by atoms with Crippen molar-refractivity contribution in [2.45, 2.75) is 38.6 Å². The second kappa shape index (κ2) is 3.82. The van der Waals surface area contributed by atoms with Gasteiger partial charge in [-0.2, -0.15) is 4.98 Å². The fraction of sp³-hybridized carbons (Fsp3) is 0.600. The van der Waals surface area contributed by atoms with E-state index in [1.54, 1.807) is 6.20 Å². The van der Waals surface area contributed by atoms with Gasteiger partial charge in [0.2, 0.25) is 5.95 Å². The molecule has 4 nitrogen and oxygen atoms in total. The quantitative estimate of drug-likeness (QED) is 0.749. The van der Waals surface area contributed by atoms with Crippen LogP contribution >= 0.6 is 0 Å². The average molecular weight is 192 g/mol. The predicted molar refractivity (Wildman–Crippen MR) is 57.1 cm³/mol. The van der Waals surface area contributed by atoms with Crippen LogP contribution in [-0.2, 0) is 0 Å². The Morgan fingerprint density at radius 1 is 1.43 bits per heavy atom. The summed E-state index contributed by atoms with van der Waals surface area (Å²) in [5.74, 6) is 1.24. The number of nitrogen functional groups attached to an aromatic ring is 1. The standard InChI is InChI=1S/C10H16N4/c1-7-6-12-10(11)14-9(7)13-8-4-2-3-5-8/h6,8H,2-5H2,1H3,(H3,11,12,13,14). The number of hydrogen-bond donors (Lipinski definition) is 2. The molecule has 0 saturated heterocycles. The van der Waals surface area contributed by atoms with Gasteiger partial charge in [-0.15, -0.1) is 0 Å². The van der Waals surface area contributed by atoms with E-state index in [4.69, 9.17) is 5.73 Å². The van der Waals surface area contributed by atoms with Crippen molar-refractivity contribution in [2.75, 3.05) is 11.1 Å². The lowest BCUT2D eigenvalue weighted by molar-refractivity contribution is 0.748. The van der Waals surface area contributed by atoms with E-state index < -0.39 is 0 Å². The first-order valence-electron chi connectivity index (χ1n) is 5.11. The summed E-state index contributed by atoms with van der Waals surface area (Å²) in [7, 11) is 0. The zero-order chi connectivity index (χ0) is 9.97. The topological polar surface area (TPSA) is 63.8 Å². The molecule has 1 heterocycles. The second-order valence-electron chi connectivity index (χ2n) is 3.89. The van der Waals surface area contributed by atoms with Crippen molar-refractivity contribution in [1.29, 1.82) is 0 Å². The van der Waals surface area contributed by atoms with Crippen LogP contribution in [-0.4, -0.2) is 16.0 Å².